The molecule has 0 radical (unpaired) electrons. The average molecular weight is 245 g/mol. The molecule has 0 N–H and O–H groups in total. The summed E-state index contributed by atoms with van der Waals surface area (Å²) in [5, 5.41) is 0. The van der Waals surface area contributed by atoms with Crippen molar-refractivity contribution in [1.29, 1.82) is 0 Å². The van der Waals surface area contributed by atoms with Gasteiger partial charge in [-0.1, -0.05) is 22.0 Å². The maximum atomic E-state index is 12.7. The smallest absolute Gasteiger partial charge is 0.124 e. The minimum atomic E-state index is -0.196. The third-order valence-electron chi connectivity index (χ3n) is 2.15. The van der Waals surface area contributed by atoms with E-state index < -0.39 is 0 Å². The fourth-order valence-electron chi connectivity index (χ4n) is 1.28. The minimum absolute atomic E-state index is 0.196. The van der Waals surface area contributed by atoms with E-state index in [0.717, 1.165) is 29.5 Å². The number of rotatable bonds is 3. The highest BCUT2D eigenvalue weighted by Gasteiger charge is 2.21. The second-order valence-electron chi connectivity index (χ2n) is 3.23. The molecule has 0 bridgehead atoms. The highest BCUT2D eigenvalue weighted by molar-refractivity contribution is 9.10. The van der Waals surface area contributed by atoms with E-state index in [9.17, 15) is 4.39 Å². The van der Waals surface area contributed by atoms with Gasteiger partial charge in [-0.25, -0.2) is 4.39 Å². The summed E-state index contributed by atoms with van der Waals surface area (Å²) in [7, 11) is 0. The molecule has 0 amide bonds. The zero-order valence-electron chi connectivity index (χ0n) is 7.09. The van der Waals surface area contributed by atoms with Crippen LogP contribution in [0.1, 0.15) is 12.0 Å². The van der Waals surface area contributed by atoms with Crippen molar-refractivity contribution in [3.63, 3.8) is 0 Å². The normalized spacial score (nSPS) is 20.3. The van der Waals surface area contributed by atoms with E-state index in [-0.39, 0.29) is 5.82 Å². The Hall–Kier alpha value is -0.410. The lowest BCUT2D eigenvalue weighted by molar-refractivity contribution is 0.396. The monoisotopic (exact) mass is 244 g/mol. The summed E-state index contributed by atoms with van der Waals surface area (Å²) in [4.78, 5) is 0. The van der Waals surface area contributed by atoms with Gasteiger partial charge in [-0.05, 0) is 30.5 Å². The molecular formula is C10H10BrFO. The SMILES string of the molecule is Fc1ccc(CCC2CO2)c(Br)c1. The lowest BCUT2D eigenvalue weighted by atomic mass is 10.1. The topological polar surface area (TPSA) is 12.5 Å². The maximum Gasteiger partial charge on any atom is 0.124 e. The van der Waals surface area contributed by atoms with Crippen LogP contribution in [0.15, 0.2) is 22.7 Å². The van der Waals surface area contributed by atoms with E-state index in [4.69, 9.17) is 4.74 Å². The van der Waals surface area contributed by atoms with Crippen molar-refractivity contribution in [3.05, 3.63) is 34.1 Å². The molecular weight excluding hydrogens is 235 g/mol. The van der Waals surface area contributed by atoms with Crippen molar-refractivity contribution < 1.29 is 9.13 Å². The number of halogens is 2. The van der Waals surface area contributed by atoms with Crippen LogP contribution in [-0.2, 0) is 11.2 Å². The Balaban J connectivity index is 2.01. The number of ether oxygens (including phenoxy) is 1. The van der Waals surface area contributed by atoms with Crippen molar-refractivity contribution in [2.45, 2.75) is 18.9 Å². The molecule has 13 heavy (non-hydrogen) atoms. The van der Waals surface area contributed by atoms with Crippen LogP contribution in [0.25, 0.3) is 0 Å². The summed E-state index contributed by atoms with van der Waals surface area (Å²) in [6.07, 6.45) is 2.42. The van der Waals surface area contributed by atoms with Crippen LogP contribution in [0.4, 0.5) is 4.39 Å². The minimum Gasteiger partial charge on any atom is -0.373 e. The van der Waals surface area contributed by atoms with E-state index in [1.165, 1.54) is 12.1 Å². The van der Waals surface area contributed by atoms with Crippen LogP contribution in [0, 0.1) is 5.82 Å². The van der Waals surface area contributed by atoms with Crippen LogP contribution in [0.2, 0.25) is 0 Å². The molecule has 1 aliphatic heterocycles. The van der Waals surface area contributed by atoms with Crippen LogP contribution in [0.5, 0.6) is 0 Å². The molecule has 1 atom stereocenters. The number of hydrogen-bond donors (Lipinski definition) is 0. The molecule has 1 unspecified atom stereocenters. The van der Waals surface area contributed by atoms with E-state index in [2.05, 4.69) is 15.9 Å². The zero-order valence-corrected chi connectivity index (χ0v) is 8.68. The van der Waals surface area contributed by atoms with E-state index in [1.54, 1.807) is 0 Å². The molecule has 0 saturated carbocycles. The molecule has 1 fully saturated rings. The molecule has 3 heteroatoms. The van der Waals surface area contributed by atoms with Gasteiger partial charge in [0.15, 0.2) is 0 Å². The first-order valence-corrected chi connectivity index (χ1v) is 5.10. The summed E-state index contributed by atoms with van der Waals surface area (Å²) in [5.41, 5.74) is 1.15. The molecule has 0 aromatic heterocycles. The summed E-state index contributed by atoms with van der Waals surface area (Å²) in [6, 6.07) is 4.82. The van der Waals surface area contributed by atoms with Crippen molar-refractivity contribution in [1.82, 2.24) is 0 Å². The second kappa shape index (κ2) is 3.76. The maximum absolute atomic E-state index is 12.7. The van der Waals surface area contributed by atoms with Gasteiger partial charge in [0.1, 0.15) is 5.82 Å². The third-order valence-corrected chi connectivity index (χ3v) is 2.89. The standard InChI is InChI=1S/C10H10BrFO/c11-10-5-8(12)3-1-7(10)2-4-9-6-13-9/h1,3,5,9H,2,4,6H2. The van der Waals surface area contributed by atoms with Gasteiger partial charge in [-0.2, -0.15) is 0 Å². The molecule has 1 nitrogen and oxygen atoms in total. The van der Waals surface area contributed by atoms with Crippen LogP contribution in [0.3, 0.4) is 0 Å². The second-order valence-corrected chi connectivity index (χ2v) is 4.08. The first-order chi connectivity index (χ1) is 6.25. The lowest BCUT2D eigenvalue weighted by Gasteiger charge is -2.02. The highest BCUT2D eigenvalue weighted by Crippen LogP contribution is 2.22. The summed E-state index contributed by atoms with van der Waals surface area (Å²) >= 11 is 3.34. The van der Waals surface area contributed by atoms with Gasteiger partial charge in [-0.15, -0.1) is 0 Å². The van der Waals surface area contributed by atoms with Gasteiger partial charge in [0.05, 0.1) is 12.7 Å². The molecule has 1 aliphatic rings. The van der Waals surface area contributed by atoms with Gasteiger partial charge in [0, 0.05) is 4.47 Å². The molecule has 2 rings (SSSR count). The van der Waals surface area contributed by atoms with E-state index in [0.29, 0.717) is 6.10 Å². The Morgan fingerprint density at radius 2 is 2.31 bits per heavy atom. The number of benzene rings is 1. The van der Waals surface area contributed by atoms with Gasteiger partial charge >= 0.3 is 0 Å². The highest BCUT2D eigenvalue weighted by atomic mass is 79.9. The fraction of sp³-hybridized carbons (Fsp3) is 0.400. The fourth-order valence-corrected chi connectivity index (χ4v) is 1.82. The third kappa shape index (κ3) is 2.51. The summed E-state index contributed by atoms with van der Waals surface area (Å²) in [6.45, 7) is 0.888. The summed E-state index contributed by atoms with van der Waals surface area (Å²) in [5.74, 6) is -0.196. The Labute approximate surface area is 85.0 Å². The first-order valence-electron chi connectivity index (χ1n) is 4.31. The lowest BCUT2D eigenvalue weighted by Crippen LogP contribution is -1.92. The van der Waals surface area contributed by atoms with Crippen molar-refractivity contribution in [3.8, 4) is 0 Å². The zero-order chi connectivity index (χ0) is 9.26. The molecule has 1 aromatic carbocycles. The molecule has 1 saturated heterocycles. The molecule has 1 heterocycles. The van der Waals surface area contributed by atoms with Crippen molar-refractivity contribution in [2.75, 3.05) is 6.61 Å². The quantitative estimate of drug-likeness (QED) is 0.746. The number of epoxide rings is 1. The summed E-state index contributed by atoms with van der Waals surface area (Å²) < 4.78 is 18.7. The van der Waals surface area contributed by atoms with Gasteiger partial charge in [0.2, 0.25) is 0 Å². The molecule has 70 valence electrons. The average Bonchev–Trinajstić information content (AvgIpc) is 2.86. The van der Waals surface area contributed by atoms with Crippen molar-refractivity contribution >= 4 is 15.9 Å². The van der Waals surface area contributed by atoms with Crippen LogP contribution < -0.4 is 0 Å². The van der Waals surface area contributed by atoms with Gasteiger partial charge < -0.3 is 4.74 Å². The predicted octanol–water partition coefficient (Wildman–Crippen LogP) is 2.92. The van der Waals surface area contributed by atoms with Gasteiger partial charge in [-0.3, -0.25) is 0 Å². The van der Waals surface area contributed by atoms with E-state index in [1.807, 2.05) is 6.07 Å². The Bertz CT molecular complexity index is 310. The predicted molar refractivity (Wildman–Crippen MR) is 52.2 cm³/mol. The molecule has 0 spiro atoms. The Kier molecular flexibility index (Phi) is 2.65. The Morgan fingerprint density at radius 3 is 2.92 bits per heavy atom. The van der Waals surface area contributed by atoms with Crippen LogP contribution in [-0.4, -0.2) is 12.7 Å². The first kappa shape index (κ1) is 9.16. The number of aryl methyl sites for hydroxylation is 1. The number of hydrogen-bond acceptors (Lipinski definition) is 1. The molecule has 1 aromatic rings. The van der Waals surface area contributed by atoms with Crippen molar-refractivity contribution in [2.24, 2.45) is 0 Å². The van der Waals surface area contributed by atoms with Crippen LogP contribution >= 0.6 is 15.9 Å². The Morgan fingerprint density at radius 1 is 1.54 bits per heavy atom. The van der Waals surface area contributed by atoms with E-state index >= 15 is 0 Å². The van der Waals surface area contributed by atoms with Gasteiger partial charge in [0.25, 0.3) is 0 Å². The molecule has 0 aliphatic carbocycles. The largest absolute Gasteiger partial charge is 0.373 e.